The third-order valence-corrected chi connectivity index (χ3v) is 6.37. The van der Waals surface area contributed by atoms with Crippen molar-refractivity contribution in [2.75, 3.05) is 33.4 Å². The van der Waals surface area contributed by atoms with Gasteiger partial charge in [0.2, 0.25) is 11.8 Å². The Morgan fingerprint density at radius 1 is 1.24 bits per heavy atom. The van der Waals surface area contributed by atoms with Gasteiger partial charge in [0, 0.05) is 31.0 Å². The quantitative estimate of drug-likeness (QED) is 0.695. The Kier molecular flexibility index (Phi) is 7.09. The predicted molar refractivity (Wildman–Crippen MR) is 116 cm³/mol. The average molecular weight is 415 g/mol. The third-order valence-electron chi connectivity index (χ3n) is 5.38. The number of benzene rings is 1. The Balaban J connectivity index is 1.87. The maximum atomic E-state index is 13.4. The molecule has 2 amide bonds. The maximum absolute atomic E-state index is 13.4. The summed E-state index contributed by atoms with van der Waals surface area (Å²) < 4.78 is 5.15. The van der Waals surface area contributed by atoms with Crippen molar-refractivity contribution in [2.45, 2.75) is 33.2 Å². The predicted octanol–water partition coefficient (Wildman–Crippen LogP) is 3.66. The van der Waals surface area contributed by atoms with Gasteiger partial charge in [-0.25, -0.2) is 0 Å². The minimum Gasteiger partial charge on any atom is -0.383 e. The average Bonchev–Trinajstić information content (AvgIpc) is 3.19. The lowest BCUT2D eigenvalue weighted by Crippen LogP contribution is -2.48. The smallest absolute Gasteiger partial charge is 0.242 e. The number of fused-ring (bicyclic) bond motifs is 1. The van der Waals surface area contributed by atoms with E-state index in [1.165, 1.54) is 16.0 Å². The van der Waals surface area contributed by atoms with Gasteiger partial charge in [-0.05, 0) is 35.9 Å². The lowest BCUT2D eigenvalue weighted by atomic mass is 9.92. The van der Waals surface area contributed by atoms with Crippen molar-refractivity contribution in [2.24, 2.45) is 5.92 Å². The normalized spacial score (nSPS) is 16.0. The van der Waals surface area contributed by atoms with E-state index in [-0.39, 0.29) is 30.3 Å². The molecule has 1 atom stereocenters. The summed E-state index contributed by atoms with van der Waals surface area (Å²) in [5.41, 5.74) is 3.51. The van der Waals surface area contributed by atoms with Crippen LogP contribution in [0, 0.1) is 12.8 Å². The highest BCUT2D eigenvalue weighted by Crippen LogP contribution is 2.37. The molecule has 2 heterocycles. The summed E-state index contributed by atoms with van der Waals surface area (Å²) in [6, 6.07) is 10.4. The fourth-order valence-corrected chi connectivity index (χ4v) is 4.68. The third kappa shape index (κ3) is 4.87. The monoisotopic (exact) mass is 414 g/mol. The van der Waals surface area contributed by atoms with Gasteiger partial charge in [0.25, 0.3) is 0 Å². The molecule has 0 unspecified atom stereocenters. The molecule has 0 spiro atoms. The van der Waals surface area contributed by atoms with Crippen LogP contribution < -0.4 is 0 Å². The molecule has 6 heteroatoms. The van der Waals surface area contributed by atoms with Crippen molar-refractivity contribution in [1.82, 2.24) is 9.80 Å². The van der Waals surface area contributed by atoms with Crippen LogP contribution in [-0.2, 0) is 20.7 Å². The minimum absolute atomic E-state index is 0.0162. The van der Waals surface area contributed by atoms with Crippen LogP contribution in [0.25, 0.3) is 0 Å². The Bertz CT molecular complexity index is 844. The number of thiophene rings is 1. The van der Waals surface area contributed by atoms with Crippen LogP contribution in [0.5, 0.6) is 0 Å². The van der Waals surface area contributed by atoms with E-state index in [0.717, 1.165) is 12.0 Å². The van der Waals surface area contributed by atoms with Gasteiger partial charge in [-0.1, -0.05) is 43.7 Å². The zero-order valence-corrected chi connectivity index (χ0v) is 18.5. The summed E-state index contributed by atoms with van der Waals surface area (Å²) in [4.78, 5) is 30.9. The SMILES string of the molecule is COCCN(CC(=O)N1CCc2sccc2[C@@H]1c1ccc(C)cc1)C(=O)C(C)C. The zero-order valence-electron chi connectivity index (χ0n) is 17.7. The Morgan fingerprint density at radius 2 is 1.97 bits per heavy atom. The molecule has 5 nitrogen and oxygen atoms in total. The molecule has 1 aromatic heterocycles. The molecule has 0 N–H and O–H groups in total. The molecule has 0 fully saturated rings. The standard InChI is InChI=1S/C23H30N2O3S/c1-16(2)23(27)24(12-13-28-4)15-21(26)25-11-9-20-19(10-14-29-20)22(25)18-7-5-17(3)6-8-18/h5-8,10,14,16,22H,9,11-13,15H2,1-4H3/t22-/m0/s1. The highest BCUT2D eigenvalue weighted by atomic mass is 32.1. The van der Waals surface area contributed by atoms with Gasteiger partial charge in [-0.2, -0.15) is 0 Å². The summed E-state index contributed by atoms with van der Waals surface area (Å²) in [5.74, 6) is -0.189. The minimum atomic E-state index is -0.155. The number of carbonyl (C=O) groups excluding carboxylic acids is 2. The molecule has 1 aliphatic heterocycles. The number of methoxy groups -OCH3 is 1. The molecule has 0 aliphatic carbocycles. The van der Waals surface area contributed by atoms with Crippen LogP contribution in [0.3, 0.4) is 0 Å². The second kappa shape index (κ2) is 9.55. The van der Waals surface area contributed by atoms with Gasteiger partial charge in [-0.3, -0.25) is 9.59 Å². The first-order chi connectivity index (χ1) is 13.9. The van der Waals surface area contributed by atoms with Crippen molar-refractivity contribution >= 4 is 23.2 Å². The molecule has 0 saturated heterocycles. The van der Waals surface area contributed by atoms with Crippen LogP contribution in [0.4, 0.5) is 0 Å². The molecule has 0 saturated carbocycles. The first kappa shape index (κ1) is 21.5. The number of aryl methyl sites for hydroxylation is 1. The number of hydrogen-bond acceptors (Lipinski definition) is 4. The zero-order chi connectivity index (χ0) is 21.0. The molecule has 1 aromatic carbocycles. The van der Waals surface area contributed by atoms with Crippen LogP contribution in [-0.4, -0.2) is 55.0 Å². The Labute approximate surface area is 177 Å². The van der Waals surface area contributed by atoms with E-state index in [1.807, 2.05) is 18.7 Å². The van der Waals surface area contributed by atoms with Crippen molar-refractivity contribution in [3.05, 3.63) is 57.3 Å². The van der Waals surface area contributed by atoms with E-state index >= 15 is 0 Å². The molecule has 1 aliphatic rings. The van der Waals surface area contributed by atoms with Gasteiger partial charge >= 0.3 is 0 Å². The first-order valence-electron chi connectivity index (χ1n) is 10.1. The molecular formula is C23H30N2O3S. The lowest BCUT2D eigenvalue weighted by Gasteiger charge is -2.38. The van der Waals surface area contributed by atoms with E-state index in [4.69, 9.17) is 4.74 Å². The van der Waals surface area contributed by atoms with E-state index in [2.05, 4.69) is 42.6 Å². The first-order valence-corrected chi connectivity index (χ1v) is 11.0. The topological polar surface area (TPSA) is 49.9 Å². The van der Waals surface area contributed by atoms with Gasteiger partial charge in [0.1, 0.15) is 0 Å². The molecule has 3 rings (SSSR count). The van der Waals surface area contributed by atoms with E-state index in [9.17, 15) is 9.59 Å². The highest BCUT2D eigenvalue weighted by Gasteiger charge is 2.34. The molecular weight excluding hydrogens is 384 g/mol. The number of ether oxygens (including phenoxy) is 1. The lowest BCUT2D eigenvalue weighted by molar-refractivity contribution is -0.143. The van der Waals surface area contributed by atoms with Gasteiger partial charge in [0.05, 0.1) is 19.2 Å². The van der Waals surface area contributed by atoms with Crippen molar-refractivity contribution in [3.8, 4) is 0 Å². The fraction of sp³-hybridized carbons (Fsp3) is 0.478. The highest BCUT2D eigenvalue weighted by molar-refractivity contribution is 7.10. The van der Waals surface area contributed by atoms with E-state index < -0.39 is 0 Å². The second-order valence-electron chi connectivity index (χ2n) is 7.86. The van der Waals surface area contributed by atoms with Crippen molar-refractivity contribution in [3.63, 3.8) is 0 Å². The Morgan fingerprint density at radius 3 is 2.62 bits per heavy atom. The molecule has 2 aromatic rings. The fourth-order valence-electron chi connectivity index (χ4n) is 3.78. The number of hydrogen-bond donors (Lipinski definition) is 0. The van der Waals surface area contributed by atoms with Crippen molar-refractivity contribution < 1.29 is 14.3 Å². The van der Waals surface area contributed by atoms with Gasteiger partial charge in [0.15, 0.2) is 0 Å². The second-order valence-corrected chi connectivity index (χ2v) is 8.86. The number of carbonyl (C=O) groups is 2. The maximum Gasteiger partial charge on any atom is 0.242 e. The van der Waals surface area contributed by atoms with Crippen molar-refractivity contribution in [1.29, 1.82) is 0 Å². The number of rotatable bonds is 7. The van der Waals surface area contributed by atoms with Crippen LogP contribution in [0.1, 0.15) is 41.5 Å². The van der Waals surface area contributed by atoms with E-state index in [1.54, 1.807) is 23.3 Å². The summed E-state index contributed by atoms with van der Waals surface area (Å²) in [6.45, 7) is 7.38. The summed E-state index contributed by atoms with van der Waals surface area (Å²) >= 11 is 1.76. The summed E-state index contributed by atoms with van der Waals surface area (Å²) in [6.07, 6.45) is 0.858. The number of amides is 2. The van der Waals surface area contributed by atoms with Gasteiger partial charge < -0.3 is 14.5 Å². The van der Waals surface area contributed by atoms with Crippen LogP contribution in [0.15, 0.2) is 35.7 Å². The van der Waals surface area contributed by atoms with Crippen LogP contribution >= 0.6 is 11.3 Å². The van der Waals surface area contributed by atoms with Gasteiger partial charge in [-0.15, -0.1) is 11.3 Å². The molecule has 156 valence electrons. The van der Waals surface area contributed by atoms with E-state index in [0.29, 0.717) is 19.7 Å². The number of nitrogens with zero attached hydrogens (tertiary/aromatic N) is 2. The summed E-state index contributed by atoms with van der Waals surface area (Å²) in [5, 5.41) is 2.10. The molecule has 0 radical (unpaired) electrons. The molecule has 0 bridgehead atoms. The summed E-state index contributed by atoms with van der Waals surface area (Å²) in [7, 11) is 1.61. The Hall–Kier alpha value is -2.18. The molecule has 29 heavy (non-hydrogen) atoms. The largest absolute Gasteiger partial charge is 0.383 e. The van der Waals surface area contributed by atoms with Crippen LogP contribution in [0.2, 0.25) is 0 Å².